The number of rotatable bonds is 3. The molecule has 4 aromatic rings. The molecule has 0 aliphatic carbocycles. The van der Waals surface area contributed by atoms with Crippen molar-refractivity contribution in [1.82, 2.24) is 14.5 Å². The zero-order valence-corrected chi connectivity index (χ0v) is 14.6. The van der Waals surface area contributed by atoms with E-state index in [0.29, 0.717) is 0 Å². The normalized spacial score (nSPS) is 10.9. The highest BCUT2D eigenvalue weighted by molar-refractivity contribution is 6.08. The second kappa shape index (κ2) is 6.52. The van der Waals surface area contributed by atoms with Gasteiger partial charge in [-0.1, -0.05) is 24.3 Å². The molecule has 6 nitrogen and oxygen atoms in total. The van der Waals surface area contributed by atoms with Gasteiger partial charge in [0, 0.05) is 28.4 Å². The van der Waals surface area contributed by atoms with Crippen molar-refractivity contribution in [1.29, 1.82) is 0 Å². The molecule has 0 saturated carbocycles. The van der Waals surface area contributed by atoms with Crippen LogP contribution in [0.5, 0.6) is 5.88 Å². The fourth-order valence-electron chi connectivity index (χ4n) is 3.34. The summed E-state index contributed by atoms with van der Waals surface area (Å²) < 4.78 is 2.27. The van der Waals surface area contributed by atoms with Crippen LogP contribution in [0.3, 0.4) is 0 Å². The lowest BCUT2D eigenvalue weighted by molar-refractivity contribution is 0.447. The van der Waals surface area contributed by atoms with E-state index >= 15 is 0 Å². The molecule has 134 valence electrons. The Morgan fingerprint density at radius 1 is 1.04 bits per heavy atom. The first-order valence-corrected chi connectivity index (χ1v) is 8.57. The summed E-state index contributed by atoms with van der Waals surface area (Å²) in [5.41, 5.74) is 4.69. The van der Waals surface area contributed by atoms with Crippen LogP contribution in [0, 0.1) is 0 Å². The monoisotopic (exact) mass is 359 g/mol. The van der Waals surface area contributed by atoms with Crippen molar-refractivity contribution in [2.75, 3.05) is 0 Å². The second-order valence-electron chi connectivity index (χ2n) is 6.16. The van der Waals surface area contributed by atoms with Gasteiger partial charge < -0.3 is 9.67 Å². The summed E-state index contributed by atoms with van der Waals surface area (Å²) in [5, 5.41) is 12.0. The van der Waals surface area contributed by atoms with Crippen LogP contribution in [-0.2, 0) is 6.54 Å². The highest BCUT2D eigenvalue weighted by atomic mass is 16.3. The van der Waals surface area contributed by atoms with E-state index in [1.54, 1.807) is 6.08 Å². The van der Waals surface area contributed by atoms with Gasteiger partial charge in [0.25, 0.3) is 5.56 Å². The van der Waals surface area contributed by atoms with Crippen molar-refractivity contribution in [3.05, 3.63) is 80.2 Å². The third-order valence-corrected chi connectivity index (χ3v) is 4.55. The van der Waals surface area contributed by atoms with E-state index in [0.717, 1.165) is 23.0 Å². The van der Waals surface area contributed by atoms with Crippen LogP contribution in [0.25, 0.3) is 34.0 Å². The Morgan fingerprint density at radius 2 is 1.81 bits per heavy atom. The van der Waals surface area contributed by atoms with Crippen molar-refractivity contribution in [3.63, 3.8) is 0 Å². The summed E-state index contributed by atoms with van der Waals surface area (Å²) in [5.74, 6) is -0.480. The Hall–Kier alpha value is -3.76. The molecule has 2 aromatic carbocycles. The van der Waals surface area contributed by atoms with Gasteiger partial charge in [0.05, 0.1) is 0 Å². The molecule has 0 saturated heterocycles. The predicted octanol–water partition coefficient (Wildman–Crippen LogP) is 3.22. The van der Waals surface area contributed by atoms with Gasteiger partial charge in [-0.3, -0.25) is 14.8 Å². The summed E-state index contributed by atoms with van der Waals surface area (Å²) >= 11 is 0. The Morgan fingerprint density at radius 3 is 2.59 bits per heavy atom. The molecule has 0 aliphatic rings. The molecule has 2 aromatic heterocycles. The topological polar surface area (TPSA) is 90.9 Å². The fourth-order valence-corrected chi connectivity index (χ4v) is 3.34. The van der Waals surface area contributed by atoms with Crippen molar-refractivity contribution in [2.45, 2.75) is 13.5 Å². The number of hydrogen-bond donors (Lipinski definition) is 3. The van der Waals surface area contributed by atoms with Crippen molar-refractivity contribution in [3.8, 4) is 5.88 Å². The number of aromatic hydroxyl groups is 1. The highest BCUT2D eigenvalue weighted by Gasteiger charge is 2.09. The van der Waals surface area contributed by atoms with E-state index < -0.39 is 17.1 Å². The number of H-pyrrole nitrogens is 2. The number of nitrogens with one attached hydrogen (secondary N) is 2. The molecule has 27 heavy (non-hydrogen) atoms. The maximum atomic E-state index is 11.7. The number of aromatic amines is 2. The lowest BCUT2D eigenvalue weighted by Gasteiger charge is -2.02. The number of benzene rings is 2. The first-order valence-electron chi connectivity index (χ1n) is 8.57. The molecule has 0 atom stereocenters. The maximum absolute atomic E-state index is 11.7. The molecule has 0 aliphatic heterocycles. The highest BCUT2D eigenvalue weighted by Crippen LogP contribution is 2.29. The van der Waals surface area contributed by atoms with Crippen LogP contribution < -0.4 is 11.2 Å². The Labute approximate surface area is 153 Å². The SMILES string of the molecule is CCn1c2ccccc2c2cc(C=C=Cc3c(O)[nH]c(=O)[nH]c3=O)ccc21. The minimum absolute atomic E-state index is 0.0467. The molecule has 3 N–H and O–H groups in total. The Kier molecular flexibility index (Phi) is 4.03. The van der Waals surface area contributed by atoms with Gasteiger partial charge in [-0.2, -0.15) is 0 Å². The summed E-state index contributed by atoms with van der Waals surface area (Å²) in [6.45, 7) is 3.00. The van der Waals surface area contributed by atoms with Crippen molar-refractivity contribution >= 4 is 34.0 Å². The summed E-state index contributed by atoms with van der Waals surface area (Å²) in [6, 6.07) is 14.4. The number of aromatic nitrogens is 3. The number of nitrogens with zero attached hydrogens (tertiary/aromatic N) is 1. The molecule has 0 bridgehead atoms. The summed E-state index contributed by atoms with van der Waals surface area (Å²) in [6.07, 6.45) is 3.06. The lowest BCUT2D eigenvalue weighted by Crippen LogP contribution is -2.23. The first kappa shape index (κ1) is 16.7. The Balaban J connectivity index is 1.82. The third-order valence-electron chi connectivity index (χ3n) is 4.55. The minimum atomic E-state index is -0.753. The van der Waals surface area contributed by atoms with E-state index in [9.17, 15) is 14.7 Å². The minimum Gasteiger partial charge on any atom is -0.494 e. The third kappa shape index (κ3) is 2.88. The van der Waals surface area contributed by atoms with Gasteiger partial charge in [0.15, 0.2) is 0 Å². The standard InChI is InChI=1S/C21H17N3O3/c1-2-24-17-9-4-3-7-14(17)16-12-13(10-11-18(16)24)6-5-8-15-19(25)22-21(27)23-20(15)26/h3-4,6-12H,2H2,1H3,(H3,22,23,25,26,27). The number of fused-ring (bicyclic) bond motifs is 3. The van der Waals surface area contributed by atoms with Crippen LogP contribution in [0.1, 0.15) is 18.1 Å². The summed E-state index contributed by atoms with van der Waals surface area (Å²) in [4.78, 5) is 27.0. The van der Waals surface area contributed by atoms with Crippen LogP contribution in [0.4, 0.5) is 0 Å². The Bertz CT molecular complexity index is 1350. The fraction of sp³-hybridized carbons (Fsp3) is 0.0952. The van der Waals surface area contributed by atoms with Gasteiger partial charge in [-0.25, -0.2) is 4.79 Å². The van der Waals surface area contributed by atoms with Crippen molar-refractivity contribution in [2.24, 2.45) is 0 Å². The second-order valence-corrected chi connectivity index (χ2v) is 6.16. The first-order chi connectivity index (χ1) is 13.1. The molecule has 0 fully saturated rings. The lowest BCUT2D eigenvalue weighted by atomic mass is 10.1. The van der Waals surface area contributed by atoms with Gasteiger partial charge in [0.2, 0.25) is 5.88 Å². The zero-order valence-electron chi connectivity index (χ0n) is 14.6. The largest absolute Gasteiger partial charge is 0.494 e. The van der Waals surface area contributed by atoms with E-state index in [1.165, 1.54) is 17.0 Å². The maximum Gasteiger partial charge on any atom is 0.328 e. The molecule has 0 unspecified atom stereocenters. The van der Waals surface area contributed by atoms with Gasteiger partial charge in [-0.15, -0.1) is 5.73 Å². The van der Waals surface area contributed by atoms with Crippen LogP contribution in [-0.4, -0.2) is 19.6 Å². The van der Waals surface area contributed by atoms with Gasteiger partial charge >= 0.3 is 5.69 Å². The smallest absolute Gasteiger partial charge is 0.328 e. The quantitative estimate of drug-likeness (QED) is 0.491. The number of hydrogen-bond acceptors (Lipinski definition) is 3. The molecule has 0 spiro atoms. The number of aryl methyl sites for hydroxylation is 1. The molecular weight excluding hydrogens is 342 g/mol. The van der Waals surface area contributed by atoms with Crippen LogP contribution in [0.15, 0.2) is 57.8 Å². The van der Waals surface area contributed by atoms with E-state index in [-0.39, 0.29) is 5.56 Å². The predicted molar refractivity (Wildman–Crippen MR) is 107 cm³/mol. The van der Waals surface area contributed by atoms with Crippen molar-refractivity contribution < 1.29 is 5.11 Å². The average Bonchev–Trinajstić information content (AvgIpc) is 2.97. The zero-order chi connectivity index (χ0) is 19.0. The average molecular weight is 359 g/mol. The number of para-hydroxylation sites is 1. The van der Waals surface area contributed by atoms with Crippen LogP contribution in [0.2, 0.25) is 0 Å². The molecule has 0 radical (unpaired) electrons. The van der Waals surface area contributed by atoms with Crippen LogP contribution >= 0.6 is 0 Å². The molecule has 6 heteroatoms. The van der Waals surface area contributed by atoms with E-state index in [2.05, 4.69) is 51.5 Å². The molecule has 0 amide bonds. The van der Waals surface area contributed by atoms with E-state index in [4.69, 9.17) is 0 Å². The molecular formula is C21H17N3O3. The van der Waals surface area contributed by atoms with E-state index in [1.807, 2.05) is 18.2 Å². The molecule has 4 rings (SSSR count). The molecule has 2 heterocycles. The summed E-state index contributed by atoms with van der Waals surface area (Å²) in [7, 11) is 0. The van der Waals surface area contributed by atoms with Gasteiger partial charge in [-0.05, 0) is 42.8 Å². The van der Waals surface area contributed by atoms with Gasteiger partial charge in [0.1, 0.15) is 5.56 Å².